The second-order valence-corrected chi connectivity index (χ2v) is 4.66. The average Bonchev–Trinajstić information content (AvgIpc) is 2.89. The Bertz CT molecular complexity index is 522. The van der Waals surface area contributed by atoms with Crippen LogP contribution in [0, 0.1) is 6.92 Å². The Kier molecular flexibility index (Phi) is 5.12. The van der Waals surface area contributed by atoms with Crippen LogP contribution in [-0.2, 0) is 6.42 Å². The first-order valence-corrected chi connectivity index (χ1v) is 6.89. The third-order valence-corrected chi connectivity index (χ3v) is 3.02. The zero-order valence-corrected chi connectivity index (χ0v) is 11.9. The summed E-state index contributed by atoms with van der Waals surface area (Å²) in [5.41, 5.74) is 0.918. The normalized spacial score (nSPS) is 12.3. The Morgan fingerprint density at radius 2 is 2.00 bits per heavy atom. The predicted octanol–water partition coefficient (Wildman–Crippen LogP) is 2.83. The van der Waals surface area contributed by atoms with Gasteiger partial charge in [0.2, 0.25) is 11.8 Å². The third-order valence-electron chi connectivity index (χ3n) is 3.02. The summed E-state index contributed by atoms with van der Waals surface area (Å²) < 4.78 is 10.9. The molecule has 1 aromatic heterocycles. The lowest BCUT2D eigenvalue weighted by molar-refractivity contribution is 0.173. The maximum absolute atomic E-state index is 9.70. The molecule has 0 amide bonds. The molecule has 0 fully saturated rings. The van der Waals surface area contributed by atoms with E-state index < -0.39 is 6.10 Å². The van der Waals surface area contributed by atoms with Gasteiger partial charge in [-0.1, -0.05) is 19.1 Å². The average molecular weight is 276 g/mol. The number of aliphatic hydroxyl groups is 1. The van der Waals surface area contributed by atoms with Gasteiger partial charge in [0.25, 0.3) is 0 Å². The number of rotatable bonds is 7. The fraction of sp³-hybridized carbons (Fsp3) is 0.467. The molecule has 1 atom stereocenters. The van der Waals surface area contributed by atoms with Crippen LogP contribution in [0.1, 0.15) is 43.2 Å². The Labute approximate surface area is 118 Å². The van der Waals surface area contributed by atoms with E-state index in [2.05, 4.69) is 10.2 Å². The zero-order valence-electron chi connectivity index (χ0n) is 11.9. The van der Waals surface area contributed by atoms with Crippen LogP contribution in [-0.4, -0.2) is 21.9 Å². The molecule has 0 saturated carbocycles. The van der Waals surface area contributed by atoms with Gasteiger partial charge in [0.15, 0.2) is 0 Å². The maximum Gasteiger partial charge on any atom is 0.216 e. The van der Waals surface area contributed by atoms with Crippen molar-refractivity contribution in [3.05, 3.63) is 41.6 Å². The van der Waals surface area contributed by atoms with E-state index in [9.17, 15) is 5.11 Å². The van der Waals surface area contributed by atoms with Crippen LogP contribution in [0.4, 0.5) is 0 Å². The van der Waals surface area contributed by atoms with Crippen LogP contribution in [0.2, 0.25) is 0 Å². The maximum atomic E-state index is 9.70. The molecule has 0 radical (unpaired) electrons. The summed E-state index contributed by atoms with van der Waals surface area (Å²) in [5, 5.41) is 17.4. The molecular weight excluding hydrogens is 256 g/mol. The predicted molar refractivity (Wildman–Crippen MR) is 74.5 cm³/mol. The molecule has 2 aromatic rings. The van der Waals surface area contributed by atoms with Gasteiger partial charge in [0, 0.05) is 13.3 Å². The molecule has 5 nitrogen and oxygen atoms in total. The van der Waals surface area contributed by atoms with Crippen molar-refractivity contribution in [2.24, 2.45) is 0 Å². The molecule has 0 saturated heterocycles. The summed E-state index contributed by atoms with van der Waals surface area (Å²) >= 11 is 0. The quantitative estimate of drug-likeness (QED) is 0.787. The molecule has 0 aliphatic heterocycles. The Morgan fingerprint density at radius 1 is 1.25 bits per heavy atom. The van der Waals surface area contributed by atoms with Crippen molar-refractivity contribution in [3.8, 4) is 5.75 Å². The highest BCUT2D eigenvalue weighted by molar-refractivity contribution is 5.28. The molecule has 1 aromatic carbocycles. The van der Waals surface area contributed by atoms with Gasteiger partial charge < -0.3 is 14.3 Å². The fourth-order valence-electron chi connectivity index (χ4n) is 1.87. The van der Waals surface area contributed by atoms with Crippen LogP contribution >= 0.6 is 0 Å². The van der Waals surface area contributed by atoms with Gasteiger partial charge in [-0.3, -0.25) is 0 Å². The van der Waals surface area contributed by atoms with E-state index in [1.54, 1.807) is 6.92 Å². The van der Waals surface area contributed by atoms with Crippen LogP contribution in [0.3, 0.4) is 0 Å². The van der Waals surface area contributed by atoms with Gasteiger partial charge in [0.05, 0.1) is 12.7 Å². The molecule has 0 spiro atoms. The van der Waals surface area contributed by atoms with Crippen LogP contribution in [0.5, 0.6) is 5.75 Å². The van der Waals surface area contributed by atoms with Gasteiger partial charge in [-0.05, 0) is 30.5 Å². The first-order chi connectivity index (χ1) is 9.69. The van der Waals surface area contributed by atoms with Gasteiger partial charge in [-0.2, -0.15) is 0 Å². The topological polar surface area (TPSA) is 68.4 Å². The monoisotopic (exact) mass is 276 g/mol. The molecule has 108 valence electrons. The Hall–Kier alpha value is -1.88. The third kappa shape index (κ3) is 4.06. The molecule has 0 aliphatic rings. The van der Waals surface area contributed by atoms with Gasteiger partial charge in [0.1, 0.15) is 5.75 Å². The van der Waals surface area contributed by atoms with E-state index >= 15 is 0 Å². The number of nitrogens with zero attached hydrogens (tertiary/aromatic N) is 2. The van der Waals surface area contributed by atoms with Crippen molar-refractivity contribution in [1.29, 1.82) is 0 Å². The number of ether oxygens (including phenoxy) is 1. The summed E-state index contributed by atoms with van der Waals surface area (Å²) in [6.07, 6.45) is 1.85. The van der Waals surface area contributed by atoms with Crippen molar-refractivity contribution in [2.75, 3.05) is 6.61 Å². The molecule has 20 heavy (non-hydrogen) atoms. The van der Waals surface area contributed by atoms with Crippen molar-refractivity contribution in [2.45, 2.75) is 39.2 Å². The van der Waals surface area contributed by atoms with E-state index in [0.717, 1.165) is 17.7 Å². The summed E-state index contributed by atoms with van der Waals surface area (Å²) in [6.45, 7) is 4.32. The van der Waals surface area contributed by atoms with Gasteiger partial charge >= 0.3 is 0 Å². The van der Waals surface area contributed by atoms with E-state index in [4.69, 9.17) is 9.15 Å². The molecule has 5 heteroatoms. The first-order valence-electron chi connectivity index (χ1n) is 6.89. The van der Waals surface area contributed by atoms with Gasteiger partial charge in [-0.25, -0.2) is 0 Å². The molecular formula is C15H20N2O3. The van der Waals surface area contributed by atoms with Crippen LogP contribution in [0.25, 0.3) is 0 Å². The van der Waals surface area contributed by atoms with E-state index in [1.807, 2.05) is 31.2 Å². The lowest BCUT2D eigenvalue weighted by atomic mass is 10.1. The highest BCUT2D eigenvalue weighted by atomic mass is 16.5. The van der Waals surface area contributed by atoms with Crippen LogP contribution in [0.15, 0.2) is 28.7 Å². The van der Waals surface area contributed by atoms with Crippen molar-refractivity contribution < 1.29 is 14.3 Å². The lowest BCUT2D eigenvalue weighted by Gasteiger charge is -2.09. The Morgan fingerprint density at radius 3 is 2.60 bits per heavy atom. The summed E-state index contributed by atoms with van der Waals surface area (Å²) in [7, 11) is 0. The van der Waals surface area contributed by atoms with E-state index in [0.29, 0.717) is 31.2 Å². The number of aromatic nitrogens is 2. The smallest absolute Gasteiger partial charge is 0.216 e. The van der Waals surface area contributed by atoms with E-state index in [-0.39, 0.29) is 0 Å². The minimum absolute atomic E-state index is 0.398. The first kappa shape index (κ1) is 14.5. The highest BCUT2D eigenvalue weighted by Crippen LogP contribution is 2.19. The zero-order chi connectivity index (χ0) is 14.4. The van der Waals surface area contributed by atoms with E-state index in [1.165, 1.54) is 0 Å². The van der Waals surface area contributed by atoms with Crippen LogP contribution < -0.4 is 4.74 Å². The number of hydrogen-bond donors (Lipinski definition) is 1. The SMILES string of the molecule is CCC(O)c1ccc(OCCCc2nnc(C)o2)cc1. The second kappa shape index (κ2) is 7.05. The summed E-state index contributed by atoms with van der Waals surface area (Å²) in [4.78, 5) is 0. The number of hydrogen-bond acceptors (Lipinski definition) is 5. The number of aliphatic hydroxyl groups excluding tert-OH is 1. The summed E-state index contributed by atoms with van der Waals surface area (Å²) in [5.74, 6) is 2.04. The molecule has 0 bridgehead atoms. The van der Waals surface area contributed by atoms with Crippen molar-refractivity contribution in [3.63, 3.8) is 0 Å². The highest BCUT2D eigenvalue weighted by Gasteiger charge is 2.05. The summed E-state index contributed by atoms with van der Waals surface area (Å²) in [6, 6.07) is 7.55. The minimum Gasteiger partial charge on any atom is -0.494 e. The van der Waals surface area contributed by atoms with Gasteiger partial charge in [-0.15, -0.1) is 10.2 Å². The minimum atomic E-state index is -0.398. The standard InChI is InChI=1S/C15H20N2O3/c1-3-14(18)12-6-8-13(9-7-12)19-10-4-5-15-17-16-11(2)20-15/h6-9,14,18H,3-5,10H2,1-2H3. The molecule has 1 N–H and O–H groups in total. The fourth-order valence-corrected chi connectivity index (χ4v) is 1.87. The molecule has 0 aliphatic carbocycles. The Balaban J connectivity index is 1.74. The molecule has 1 heterocycles. The number of aryl methyl sites for hydroxylation is 2. The molecule has 2 rings (SSSR count). The molecule has 1 unspecified atom stereocenters. The largest absolute Gasteiger partial charge is 0.494 e. The van der Waals surface area contributed by atoms with Crippen molar-refractivity contribution in [1.82, 2.24) is 10.2 Å². The number of benzene rings is 1. The lowest BCUT2D eigenvalue weighted by Crippen LogP contribution is -2.00. The van der Waals surface area contributed by atoms with Crippen molar-refractivity contribution >= 4 is 0 Å². The second-order valence-electron chi connectivity index (χ2n) is 4.66.